The Bertz CT molecular complexity index is 1140. The van der Waals surface area contributed by atoms with Crippen LogP contribution in [-0.2, 0) is 17.9 Å². The van der Waals surface area contributed by atoms with E-state index in [-0.39, 0.29) is 5.91 Å². The average Bonchev–Trinajstić information content (AvgIpc) is 3.39. The normalized spacial score (nSPS) is 10.9. The van der Waals surface area contributed by atoms with Crippen molar-refractivity contribution < 1.29 is 4.79 Å². The summed E-state index contributed by atoms with van der Waals surface area (Å²) >= 11 is 3.10. The Hall–Kier alpha value is -2.97. The molecule has 3 heterocycles. The summed E-state index contributed by atoms with van der Waals surface area (Å²) in [7, 11) is 1.85. The fourth-order valence-electron chi connectivity index (χ4n) is 3.12. The average molecular weight is 450 g/mol. The number of carbonyl (C=O) groups is 1. The molecule has 1 aromatic carbocycles. The van der Waals surface area contributed by atoms with E-state index in [1.807, 2.05) is 41.9 Å². The van der Waals surface area contributed by atoms with Crippen molar-refractivity contribution in [2.24, 2.45) is 0 Å². The lowest BCUT2D eigenvalue weighted by Crippen LogP contribution is -2.27. The second-order valence-corrected chi connectivity index (χ2v) is 9.13. The molecule has 0 saturated carbocycles. The molecule has 158 valence electrons. The van der Waals surface area contributed by atoms with E-state index < -0.39 is 0 Å². The van der Waals surface area contributed by atoms with E-state index in [0.29, 0.717) is 18.8 Å². The number of thioether (sulfide) groups is 1. The predicted molar refractivity (Wildman–Crippen MR) is 125 cm³/mol. The number of aryl methyl sites for hydroxylation is 1. The van der Waals surface area contributed by atoms with Crippen LogP contribution in [-0.4, -0.2) is 43.4 Å². The zero-order valence-electron chi connectivity index (χ0n) is 17.4. The van der Waals surface area contributed by atoms with Crippen molar-refractivity contribution in [1.82, 2.24) is 24.6 Å². The molecule has 31 heavy (non-hydrogen) atoms. The molecule has 0 aliphatic heterocycles. The van der Waals surface area contributed by atoms with Gasteiger partial charge in [0, 0.05) is 29.9 Å². The van der Waals surface area contributed by atoms with Gasteiger partial charge >= 0.3 is 0 Å². The first-order valence-electron chi connectivity index (χ1n) is 9.89. The van der Waals surface area contributed by atoms with Gasteiger partial charge in [0.25, 0.3) is 0 Å². The van der Waals surface area contributed by atoms with E-state index in [4.69, 9.17) is 0 Å². The highest BCUT2D eigenvalue weighted by Gasteiger charge is 2.18. The van der Waals surface area contributed by atoms with E-state index in [2.05, 4.69) is 45.7 Å². The maximum atomic E-state index is 12.7. The fraction of sp³-hybridized carbons (Fsp3) is 0.217. The Morgan fingerprint density at radius 1 is 1.13 bits per heavy atom. The van der Waals surface area contributed by atoms with Crippen LogP contribution in [0.5, 0.6) is 0 Å². The molecule has 3 aromatic heterocycles. The maximum absolute atomic E-state index is 12.7. The second-order valence-electron chi connectivity index (χ2n) is 7.18. The van der Waals surface area contributed by atoms with Crippen LogP contribution in [0.25, 0.3) is 11.4 Å². The summed E-state index contributed by atoms with van der Waals surface area (Å²) in [5.74, 6) is 1.12. The molecule has 0 fully saturated rings. The van der Waals surface area contributed by atoms with Crippen LogP contribution < -0.4 is 0 Å². The zero-order chi connectivity index (χ0) is 21.6. The third kappa shape index (κ3) is 5.21. The summed E-state index contributed by atoms with van der Waals surface area (Å²) in [5, 5.41) is 11.6. The van der Waals surface area contributed by atoms with Crippen LogP contribution in [0, 0.1) is 6.92 Å². The van der Waals surface area contributed by atoms with Crippen LogP contribution in [0.2, 0.25) is 0 Å². The third-order valence-electron chi connectivity index (χ3n) is 4.92. The van der Waals surface area contributed by atoms with Crippen LogP contribution in [0.3, 0.4) is 0 Å². The molecular formula is C23H23N5OS2. The largest absolute Gasteiger partial charge is 0.340 e. The monoisotopic (exact) mass is 449 g/mol. The van der Waals surface area contributed by atoms with E-state index in [0.717, 1.165) is 22.1 Å². The lowest BCUT2D eigenvalue weighted by molar-refractivity contribution is -0.127. The lowest BCUT2D eigenvalue weighted by atomic mass is 10.2. The smallest absolute Gasteiger partial charge is 0.233 e. The Balaban J connectivity index is 1.51. The van der Waals surface area contributed by atoms with Gasteiger partial charge in [0.15, 0.2) is 11.0 Å². The van der Waals surface area contributed by atoms with Crippen LogP contribution >= 0.6 is 23.1 Å². The molecule has 6 nitrogen and oxygen atoms in total. The topological polar surface area (TPSA) is 63.9 Å². The Labute approximate surface area is 190 Å². The van der Waals surface area contributed by atoms with Gasteiger partial charge in [0.05, 0.1) is 18.8 Å². The van der Waals surface area contributed by atoms with Gasteiger partial charge in [-0.05, 0) is 41.6 Å². The minimum absolute atomic E-state index is 0.0648. The number of aromatic nitrogens is 4. The highest BCUT2D eigenvalue weighted by molar-refractivity contribution is 7.99. The van der Waals surface area contributed by atoms with E-state index in [1.54, 1.807) is 28.6 Å². The molecule has 0 radical (unpaired) electrons. The number of pyridine rings is 1. The van der Waals surface area contributed by atoms with Crippen molar-refractivity contribution in [2.45, 2.75) is 25.2 Å². The minimum Gasteiger partial charge on any atom is -0.340 e. The summed E-state index contributed by atoms with van der Waals surface area (Å²) in [4.78, 5) is 19.9. The minimum atomic E-state index is 0.0648. The summed E-state index contributed by atoms with van der Waals surface area (Å²) in [5.41, 5.74) is 3.27. The molecule has 0 aliphatic carbocycles. The number of hydrogen-bond acceptors (Lipinski definition) is 6. The summed E-state index contributed by atoms with van der Waals surface area (Å²) < 4.78 is 2.05. The van der Waals surface area contributed by atoms with Crippen LogP contribution in [0.15, 0.2) is 71.5 Å². The van der Waals surface area contributed by atoms with Crippen LogP contribution in [0.1, 0.15) is 16.0 Å². The Morgan fingerprint density at radius 2 is 1.97 bits per heavy atom. The predicted octanol–water partition coefficient (Wildman–Crippen LogP) is 4.51. The first-order valence-corrected chi connectivity index (χ1v) is 11.8. The number of nitrogens with zero attached hydrogens (tertiary/aromatic N) is 5. The van der Waals surface area contributed by atoms with Crippen LogP contribution in [0.4, 0.5) is 0 Å². The second kappa shape index (κ2) is 9.89. The Kier molecular flexibility index (Phi) is 6.79. The first kappa shape index (κ1) is 21.3. The van der Waals surface area contributed by atoms with Crippen molar-refractivity contribution in [3.05, 3.63) is 82.3 Å². The van der Waals surface area contributed by atoms with Gasteiger partial charge in [-0.15, -0.1) is 21.5 Å². The van der Waals surface area contributed by atoms with Gasteiger partial charge in [-0.1, -0.05) is 42.1 Å². The van der Waals surface area contributed by atoms with Gasteiger partial charge in [0.1, 0.15) is 0 Å². The molecule has 0 N–H and O–H groups in total. The summed E-state index contributed by atoms with van der Waals surface area (Å²) in [6, 6.07) is 16.1. The highest BCUT2D eigenvalue weighted by atomic mass is 32.2. The molecule has 4 rings (SSSR count). The molecule has 0 aliphatic rings. The molecule has 4 aromatic rings. The number of benzene rings is 1. The molecular weight excluding hydrogens is 426 g/mol. The first-order chi connectivity index (χ1) is 15.1. The quantitative estimate of drug-likeness (QED) is 0.370. The highest BCUT2D eigenvalue weighted by Crippen LogP contribution is 2.25. The van der Waals surface area contributed by atoms with E-state index >= 15 is 0 Å². The SMILES string of the molecule is Cc1ccsc1CN(C)C(=O)CSc1nnc(-c2cccnc2)n1Cc1ccccc1. The molecule has 0 spiro atoms. The molecule has 0 saturated heterocycles. The molecule has 0 bridgehead atoms. The molecule has 1 amide bonds. The van der Waals surface area contributed by atoms with Crippen molar-refractivity contribution >= 4 is 29.0 Å². The van der Waals surface area contributed by atoms with Crippen molar-refractivity contribution in [3.8, 4) is 11.4 Å². The van der Waals surface area contributed by atoms with Crippen molar-refractivity contribution in [1.29, 1.82) is 0 Å². The standard InChI is InChI=1S/C23H23N5OS2/c1-17-10-12-30-20(17)15-27(2)21(29)16-31-23-26-25-22(19-9-6-11-24-13-19)28(23)14-18-7-4-3-5-8-18/h3-13H,14-16H2,1-2H3. The lowest BCUT2D eigenvalue weighted by Gasteiger charge is -2.17. The number of hydrogen-bond donors (Lipinski definition) is 0. The van der Waals surface area contributed by atoms with Crippen molar-refractivity contribution in [3.63, 3.8) is 0 Å². The number of thiophene rings is 1. The zero-order valence-corrected chi connectivity index (χ0v) is 19.1. The molecule has 0 atom stereocenters. The Morgan fingerprint density at radius 3 is 2.68 bits per heavy atom. The van der Waals surface area contributed by atoms with Crippen molar-refractivity contribution in [2.75, 3.05) is 12.8 Å². The summed E-state index contributed by atoms with van der Waals surface area (Å²) in [6.07, 6.45) is 3.52. The van der Waals surface area contributed by atoms with Gasteiger partial charge in [0.2, 0.25) is 5.91 Å². The maximum Gasteiger partial charge on any atom is 0.233 e. The number of amides is 1. The van der Waals surface area contributed by atoms with Gasteiger partial charge in [-0.25, -0.2) is 0 Å². The molecule has 8 heteroatoms. The van der Waals surface area contributed by atoms with E-state index in [1.165, 1.54) is 22.2 Å². The van der Waals surface area contributed by atoms with Gasteiger partial charge in [-0.2, -0.15) is 0 Å². The number of rotatable bonds is 8. The van der Waals surface area contributed by atoms with Gasteiger partial charge < -0.3 is 4.90 Å². The van der Waals surface area contributed by atoms with Gasteiger partial charge in [-0.3, -0.25) is 14.3 Å². The van der Waals surface area contributed by atoms with E-state index in [9.17, 15) is 4.79 Å². The number of carbonyl (C=O) groups excluding carboxylic acids is 1. The summed E-state index contributed by atoms with van der Waals surface area (Å²) in [6.45, 7) is 3.32. The fourth-order valence-corrected chi connectivity index (χ4v) is 4.96. The third-order valence-corrected chi connectivity index (χ3v) is 6.88. The molecule has 0 unspecified atom stereocenters.